The minimum absolute atomic E-state index is 0.236. The Hall–Kier alpha value is -1.37. The summed E-state index contributed by atoms with van der Waals surface area (Å²) in [6, 6.07) is 6.21. The molecule has 1 unspecified atom stereocenters. The van der Waals surface area contributed by atoms with Crippen molar-refractivity contribution in [2.45, 2.75) is 37.4 Å². The molecule has 6 heteroatoms. The lowest BCUT2D eigenvalue weighted by Gasteiger charge is -2.03. The number of hydrogen-bond donors (Lipinski definition) is 0. The number of ether oxygens (including phenoxy) is 1. The van der Waals surface area contributed by atoms with Gasteiger partial charge < -0.3 is 9.14 Å². The topological polar surface area (TPSA) is 39.4 Å². The summed E-state index contributed by atoms with van der Waals surface area (Å²) < 4.78 is 7.85. The molecule has 0 amide bonds. The number of hydrogen-bond acceptors (Lipinski definition) is 5. The zero-order valence-electron chi connectivity index (χ0n) is 13.1. The maximum absolute atomic E-state index is 5.70. The Kier molecular flexibility index (Phi) is 4.37. The molecule has 3 aromatic heterocycles. The second-order valence-corrected chi connectivity index (χ2v) is 7.67. The molecule has 0 bridgehead atoms. The highest BCUT2D eigenvalue weighted by Crippen LogP contribution is 2.31. The monoisotopic (exact) mass is 345 g/mol. The summed E-state index contributed by atoms with van der Waals surface area (Å²) in [5.74, 6) is 1.84. The third-order valence-electron chi connectivity index (χ3n) is 4.02. The lowest BCUT2D eigenvalue weighted by atomic mass is 10.2. The summed E-state index contributed by atoms with van der Waals surface area (Å²) in [4.78, 5) is 9.40. The maximum atomic E-state index is 5.70. The SMILES string of the molecule is Cc1cccc2nc(CSCc3csc(C4CCCO4)n3)cn12. The van der Waals surface area contributed by atoms with Gasteiger partial charge in [-0.3, -0.25) is 0 Å². The Morgan fingerprint density at radius 2 is 2.22 bits per heavy atom. The number of pyridine rings is 1. The van der Waals surface area contributed by atoms with E-state index < -0.39 is 0 Å². The summed E-state index contributed by atoms with van der Waals surface area (Å²) in [5.41, 5.74) is 4.52. The van der Waals surface area contributed by atoms with Crippen molar-refractivity contribution in [3.05, 3.63) is 51.9 Å². The summed E-state index contributed by atoms with van der Waals surface area (Å²) in [6.45, 7) is 2.98. The molecule has 4 nitrogen and oxygen atoms in total. The van der Waals surface area contributed by atoms with Crippen LogP contribution in [0.15, 0.2) is 29.8 Å². The Balaban J connectivity index is 1.36. The van der Waals surface area contributed by atoms with Crippen molar-refractivity contribution in [2.75, 3.05) is 6.61 Å². The number of imidazole rings is 1. The smallest absolute Gasteiger partial charge is 0.137 e. The standard InChI is InChI=1S/C17H19N3OS2/c1-12-4-2-6-16-18-13(8-20(12)16)9-22-10-14-11-23-17(19-14)15-5-3-7-21-15/h2,4,6,8,11,15H,3,5,7,9-10H2,1H3. The quantitative estimate of drug-likeness (QED) is 0.688. The molecule has 1 aliphatic rings. The molecule has 0 aromatic carbocycles. The van der Waals surface area contributed by atoms with Crippen molar-refractivity contribution in [3.8, 4) is 0 Å². The van der Waals surface area contributed by atoms with Crippen LogP contribution in [-0.2, 0) is 16.2 Å². The molecular formula is C17H19N3OS2. The van der Waals surface area contributed by atoms with E-state index in [0.717, 1.165) is 53.0 Å². The Morgan fingerprint density at radius 3 is 3.04 bits per heavy atom. The molecule has 0 radical (unpaired) electrons. The Labute approximate surface area is 143 Å². The fraction of sp³-hybridized carbons (Fsp3) is 0.412. The van der Waals surface area contributed by atoms with Crippen LogP contribution in [0.25, 0.3) is 5.65 Å². The van der Waals surface area contributed by atoms with E-state index in [1.54, 1.807) is 11.3 Å². The minimum Gasteiger partial charge on any atom is -0.371 e. The first kappa shape index (κ1) is 15.2. The minimum atomic E-state index is 0.236. The average molecular weight is 345 g/mol. The van der Waals surface area contributed by atoms with Gasteiger partial charge in [0.15, 0.2) is 0 Å². The van der Waals surface area contributed by atoms with E-state index in [1.165, 1.54) is 5.69 Å². The molecular weight excluding hydrogens is 326 g/mol. The normalized spacial score (nSPS) is 18.0. The number of aromatic nitrogens is 3. The van der Waals surface area contributed by atoms with Gasteiger partial charge in [0, 0.05) is 35.4 Å². The largest absolute Gasteiger partial charge is 0.371 e. The Bertz CT molecular complexity index is 805. The van der Waals surface area contributed by atoms with E-state index >= 15 is 0 Å². The van der Waals surface area contributed by atoms with Crippen molar-refractivity contribution >= 4 is 28.7 Å². The molecule has 0 aliphatic carbocycles. The molecule has 1 aliphatic heterocycles. The number of nitrogens with zero attached hydrogens (tertiary/aromatic N) is 3. The molecule has 4 heterocycles. The van der Waals surface area contributed by atoms with Gasteiger partial charge in [-0.1, -0.05) is 6.07 Å². The van der Waals surface area contributed by atoms with Crippen LogP contribution in [0.3, 0.4) is 0 Å². The maximum Gasteiger partial charge on any atom is 0.137 e. The highest BCUT2D eigenvalue weighted by Gasteiger charge is 2.20. The van der Waals surface area contributed by atoms with Crippen LogP contribution in [-0.4, -0.2) is 21.0 Å². The van der Waals surface area contributed by atoms with Crippen molar-refractivity contribution in [3.63, 3.8) is 0 Å². The summed E-state index contributed by atoms with van der Waals surface area (Å²) in [5, 5.41) is 3.30. The van der Waals surface area contributed by atoms with Gasteiger partial charge in [0.2, 0.25) is 0 Å². The number of rotatable bonds is 5. The van der Waals surface area contributed by atoms with Crippen LogP contribution in [0.4, 0.5) is 0 Å². The lowest BCUT2D eigenvalue weighted by molar-refractivity contribution is 0.111. The van der Waals surface area contributed by atoms with E-state index in [-0.39, 0.29) is 6.10 Å². The molecule has 0 saturated carbocycles. The lowest BCUT2D eigenvalue weighted by Crippen LogP contribution is -1.95. The van der Waals surface area contributed by atoms with Crippen LogP contribution in [0.2, 0.25) is 0 Å². The van der Waals surface area contributed by atoms with E-state index in [0.29, 0.717) is 0 Å². The molecule has 0 spiro atoms. The molecule has 23 heavy (non-hydrogen) atoms. The van der Waals surface area contributed by atoms with Gasteiger partial charge in [0.25, 0.3) is 0 Å². The predicted octanol–water partition coefficient (Wildman–Crippen LogP) is 4.38. The van der Waals surface area contributed by atoms with E-state index in [1.807, 2.05) is 11.8 Å². The molecule has 120 valence electrons. The molecule has 1 atom stereocenters. The number of thiazole rings is 1. The first-order valence-corrected chi connectivity index (χ1v) is 9.90. The van der Waals surface area contributed by atoms with E-state index in [4.69, 9.17) is 9.72 Å². The van der Waals surface area contributed by atoms with Gasteiger partial charge in [0.1, 0.15) is 16.8 Å². The third kappa shape index (κ3) is 3.29. The second kappa shape index (κ2) is 6.63. The summed E-state index contributed by atoms with van der Waals surface area (Å²) >= 11 is 3.59. The first-order chi connectivity index (χ1) is 11.3. The van der Waals surface area contributed by atoms with Crippen LogP contribution in [0.5, 0.6) is 0 Å². The zero-order valence-corrected chi connectivity index (χ0v) is 14.7. The van der Waals surface area contributed by atoms with Crippen LogP contribution < -0.4 is 0 Å². The zero-order chi connectivity index (χ0) is 15.6. The third-order valence-corrected chi connectivity index (χ3v) is 6.01. The van der Waals surface area contributed by atoms with Gasteiger partial charge in [0.05, 0.1) is 11.4 Å². The molecule has 1 fully saturated rings. The van der Waals surface area contributed by atoms with Crippen LogP contribution in [0, 0.1) is 6.92 Å². The summed E-state index contributed by atoms with van der Waals surface area (Å²) in [7, 11) is 0. The van der Waals surface area contributed by atoms with Crippen molar-refractivity contribution in [2.24, 2.45) is 0 Å². The van der Waals surface area contributed by atoms with Crippen molar-refractivity contribution in [1.82, 2.24) is 14.4 Å². The number of aryl methyl sites for hydroxylation is 1. The van der Waals surface area contributed by atoms with Gasteiger partial charge in [-0.2, -0.15) is 0 Å². The molecule has 3 aromatic rings. The van der Waals surface area contributed by atoms with Gasteiger partial charge in [-0.05, 0) is 31.9 Å². The van der Waals surface area contributed by atoms with Crippen LogP contribution >= 0.6 is 23.1 Å². The van der Waals surface area contributed by atoms with E-state index in [9.17, 15) is 0 Å². The fourth-order valence-corrected chi connectivity index (χ4v) is 4.65. The molecule has 0 N–H and O–H groups in total. The van der Waals surface area contributed by atoms with Crippen molar-refractivity contribution < 1.29 is 4.74 Å². The number of thioether (sulfide) groups is 1. The van der Waals surface area contributed by atoms with Crippen molar-refractivity contribution in [1.29, 1.82) is 0 Å². The average Bonchev–Trinajstić information content (AvgIpc) is 3.27. The first-order valence-electron chi connectivity index (χ1n) is 7.87. The fourth-order valence-electron chi connectivity index (χ4n) is 2.84. The van der Waals surface area contributed by atoms with Gasteiger partial charge >= 0.3 is 0 Å². The number of fused-ring (bicyclic) bond motifs is 1. The predicted molar refractivity (Wildman–Crippen MR) is 95.0 cm³/mol. The second-order valence-electron chi connectivity index (χ2n) is 5.80. The molecule has 1 saturated heterocycles. The van der Waals surface area contributed by atoms with Gasteiger partial charge in [-0.25, -0.2) is 9.97 Å². The van der Waals surface area contributed by atoms with Crippen LogP contribution in [0.1, 0.15) is 41.0 Å². The van der Waals surface area contributed by atoms with Gasteiger partial charge in [-0.15, -0.1) is 23.1 Å². The van der Waals surface area contributed by atoms with E-state index in [2.05, 4.69) is 46.1 Å². The molecule has 4 rings (SSSR count). The highest BCUT2D eigenvalue weighted by molar-refractivity contribution is 7.97. The summed E-state index contributed by atoms with van der Waals surface area (Å²) in [6.07, 6.45) is 4.64. The highest BCUT2D eigenvalue weighted by atomic mass is 32.2. The Morgan fingerprint density at radius 1 is 1.30 bits per heavy atom.